The minimum absolute atomic E-state index is 0.342. The molecule has 0 bridgehead atoms. The van der Waals surface area contributed by atoms with Gasteiger partial charge in [-0.25, -0.2) is 0 Å². The molecule has 0 aliphatic rings. The standard InChI is InChI=1S/C16H12N2O2S/c1-19-12-6-4-11(5-7-12)9-14-13(10-17)18-16(20-14)15-3-2-8-21-15/h2-8H,9H2,1H3. The Kier molecular flexibility index (Phi) is 3.71. The molecular formula is C16H12N2O2S. The highest BCUT2D eigenvalue weighted by Crippen LogP contribution is 2.27. The van der Waals surface area contributed by atoms with Gasteiger partial charge < -0.3 is 9.15 Å². The first-order valence-electron chi connectivity index (χ1n) is 6.37. The SMILES string of the molecule is COc1ccc(Cc2oc(-c3cccs3)nc2C#N)cc1. The van der Waals surface area contributed by atoms with E-state index in [4.69, 9.17) is 9.15 Å². The van der Waals surface area contributed by atoms with Gasteiger partial charge in [-0.2, -0.15) is 10.2 Å². The highest BCUT2D eigenvalue weighted by molar-refractivity contribution is 7.13. The fourth-order valence-corrected chi connectivity index (χ4v) is 2.64. The number of methoxy groups -OCH3 is 1. The quantitative estimate of drug-likeness (QED) is 0.733. The van der Waals surface area contributed by atoms with Crippen molar-refractivity contribution >= 4 is 11.3 Å². The van der Waals surface area contributed by atoms with Crippen molar-refractivity contribution in [3.63, 3.8) is 0 Å². The molecule has 0 radical (unpaired) electrons. The van der Waals surface area contributed by atoms with Crippen LogP contribution in [0.5, 0.6) is 5.75 Å². The van der Waals surface area contributed by atoms with Crippen molar-refractivity contribution in [2.24, 2.45) is 0 Å². The van der Waals surface area contributed by atoms with Gasteiger partial charge >= 0.3 is 0 Å². The van der Waals surface area contributed by atoms with E-state index in [9.17, 15) is 5.26 Å². The van der Waals surface area contributed by atoms with Crippen molar-refractivity contribution in [1.29, 1.82) is 5.26 Å². The zero-order chi connectivity index (χ0) is 14.7. The largest absolute Gasteiger partial charge is 0.497 e. The highest BCUT2D eigenvalue weighted by atomic mass is 32.1. The van der Waals surface area contributed by atoms with E-state index in [0.29, 0.717) is 23.8 Å². The van der Waals surface area contributed by atoms with Gasteiger partial charge in [0.05, 0.1) is 12.0 Å². The molecule has 0 saturated carbocycles. The molecule has 0 amide bonds. The number of nitrogens with zero attached hydrogens (tertiary/aromatic N) is 2. The molecule has 0 atom stereocenters. The molecular weight excluding hydrogens is 284 g/mol. The second-order valence-electron chi connectivity index (χ2n) is 4.40. The first-order valence-corrected chi connectivity index (χ1v) is 7.24. The average molecular weight is 296 g/mol. The third-order valence-corrected chi connectivity index (χ3v) is 3.92. The van der Waals surface area contributed by atoms with E-state index in [2.05, 4.69) is 11.1 Å². The number of oxazole rings is 1. The number of thiophene rings is 1. The van der Waals surface area contributed by atoms with E-state index in [-0.39, 0.29) is 0 Å². The van der Waals surface area contributed by atoms with Gasteiger partial charge in [0.1, 0.15) is 17.6 Å². The first kappa shape index (κ1) is 13.4. The van der Waals surface area contributed by atoms with E-state index in [0.717, 1.165) is 16.2 Å². The number of nitriles is 1. The summed E-state index contributed by atoms with van der Waals surface area (Å²) >= 11 is 1.54. The van der Waals surface area contributed by atoms with Crippen molar-refractivity contribution in [1.82, 2.24) is 4.98 Å². The van der Waals surface area contributed by atoms with Gasteiger partial charge in [0, 0.05) is 6.42 Å². The smallest absolute Gasteiger partial charge is 0.237 e. The monoisotopic (exact) mass is 296 g/mol. The maximum absolute atomic E-state index is 9.20. The van der Waals surface area contributed by atoms with Crippen LogP contribution in [0.1, 0.15) is 17.0 Å². The molecule has 0 aliphatic carbocycles. The summed E-state index contributed by atoms with van der Waals surface area (Å²) in [7, 11) is 1.63. The first-order chi connectivity index (χ1) is 10.3. The molecule has 0 fully saturated rings. The van der Waals surface area contributed by atoms with Gasteiger partial charge in [0.15, 0.2) is 5.69 Å². The third kappa shape index (κ3) is 2.81. The van der Waals surface area contributed by atoms with Crippen LogP contribution in [0.4, 0.5) is 0 Å². The minimum Gasteiger partial charge on any atom is -0.497 e. The summed E-state index contributed by atoms with van der Waals surface area (Å²) in [4.78, 5) is 5.18. The number of hydrogen-bond acceptors (Lipinski definition) is 5. The van der Waals surface area contributed by atoms with Crippen molar-refractivity contribution in [2.45, 2.75) is 6.42 Å². The second kappa shape index (κ2) is 5.81. The predicted octanol–water partition coefficient (Wildman–Crippen LogP) is 3.87. The summed E-state index contributed by atoms with van der Waals surface area (Å²) in [5.74, 6) is 1.90. The third-order valence-electron chi connectivity index (χ3n) is 3.06. The molecule has 4 nitrogen and oxygen atoms in total. The average Bonchev–Trinajstić information content (AvgIpc) is 3.17. The van der Waals surface area contributed by atoms with Crippen LogP contribution >= 0.6 is 11.3 Å². The Hall–Kier alpha value is -2.58. The molecule has 0 unspecified atom stereocenters. The zero-order valence-corrected chi connectivity index (χ0v) is 12.2. The lowest BCUT2D eigenvalue weighted by atomic mass is 10.1. The van der Waals surface area contributed by atoms with Gasteiger partial charge in [0.2, 0.25) is 5.89 Å². The van der Waals surface area contributed by atoms with Gasteiger partial charge in [-0.05, 0) is 29.1 Å². The Morgan fingerprint density at radius 1 is 1.29 bits per heavy atom. The minimum atomic E-state index is 0.342. The van der Waals surface area contributed by atoms with E-state index in [1.807, 2.05) is 41.8 Å². The Balaban J connectivity index is 1.89. The highest BCUT2D eigenvalue weighted by Gasteiger charge is 2.15. The van der Waals surface area contributed by atoms with E-state index in [1.54, 1.807) is 7.11 Å². The maximum Gasteiger partial charge on any atom is 0.237 e. The van der Waals surface area contributed by atoms with Crippen molar-refractivity contribution in [3.05, 3.63) is 58.8 Å². The summed E-state index contributed by atoms with van der Waals surface area (Å²) in [6, 6.07) is 13.6. The molecule has 104 valence electrons. The second-order valence-corrected chi connectivity index (χ2v) is 5.35. The fraction of sp³-hybridized carbons (Fsp3) is 0.125. The number of benzene rings is 1. The van der Waals surface area contributed by atoms with Crippen molar-refractivity contribution in [2.75, 3.05) is 7.11 Å². The Morgan fingerprint density at radius 2 is 2.10 bits per heavy atom. The lowest BCUT2D eigenvalue weighted by Gasteiger charge is -2.01. The van der Waals surface area contributed by atoms with E-state index < -0.39 is 0 Å². The van der Waals surface area contributed by atoms with Crippen LogP contribution in [0.15, 0.2) is 46.2 Å². The fourth-order valence-electron chi connectivity index (χ4n) is 1.99. The maximum atomic E-state index is 9.20. The molecule has 1 aromatic carbocycles. The van der Waals surface area contributed by atoms with Crippen LogP contribution in [-0.2, 0) is 6.42 Å². The summed E-state index contributed by atoms with van der Waals surface area (Å²) in [5, 5.41) is 11.2. The van der Waals surface area contributed by atoms with Gasteiger partial charge in [-0.3, -0.25) is 0 Å². The number of rotatable bonds is 4. The van der Waals surface area contributed by atoms with Crippen LogP contribution < -0.4 is 4.74 Å². The molecule has 21 heavy (non-hydrogen) atoms. The van der Waals surface area contributed by atoms with Crippen LogP contribution in [0, 0.1) is 11.3 Å². The zero-order valence-electron chi connectivity index (χ0n) is 11.4. The van der Waals surface area contributed by atoms with Gasteiger partial charge in [-0.15, -0.1) is 11.3 Å². The van der Waals surface area contributed by atoms with Crippen LogP contribution in [0.25, 0.3) is 10.8 Å². The van der Waals surface area contributed by atoms with Crippen LogP contribution in [-0.4, -0.2) is 12.1 Å². The summed E-state index contributed by atoms with van der Waals surface area (Å²) in [6.07, 6.45) is 0.533. The summed E-state index contributed by atoms with van der Waals surface area (Å²) < 4.78 is 10.9. The molecule has 3 rings (SSSR count). The molecule has 3 aromatic rings. The molecule has 5 heteroatoms. The lowest BCUT2D eigenvalue weighted by Crippen LogP contribution is -1.90. The Bertz CT molecular complexity index is 768. The van der Waals surface area contributed by atoms with Crippen LogP contribution in [0.3, 0.4) is 0 Å². The number of ether oxygens (including phenoxy) is 1. The Labute approximate surface area is 126 Å². The van der Waals surface area contributed by atoms with Crippen LogP contribution in [0.2, 0.25) is 0 Å². The Morgan fingerprint density at radius 3 is 2.71 bits per heavy atom. The van der Waals surface area contributed by atoms with E-state index in [1.165, 1.54) is 11.3 Å². The van der Waals surface area contributed by atoms with E-state index >= 15 is 0 Å². The molecule has 2 aromatic heterocycles. The van der Waals surface area contributed by atoms with Crippen molar-refractivity contribution < 1.29 is 9.15 Å². The molecule has 0 N–H and O–H groups in total. The van der Waals surface area contributed by atoms with Gasteiger partial charge in [-0.1, -0.05) is 18.2 Å². The van der Waals surface area contributed by atoms with Gasteiger partial charge in [0.25, 0.3) is 0 Å². The molecule has 0 aliphatic heterocycles. The molecule has 0 spiro atoms. The molecule has 0 saturated heterocycles. The number of hydrogen-bond donors (Lipinski definition) is 0. The topological polar surface area (TPSA) is 59.1 Å². The molecule has 2 heterocycles. The predicted molar refractivity (Wildman–Crippen MR) is 80.3 cm³/mol. The lowest BCUT2D eigenvalue weighted by molar-refractivity contribution is 0.414. The summed E-state index contributed by atoms with van der Waals surface area (Å²) in [6.45, 7) is 0. The normalized spacial score (nSPS) is 10.3. The van der Waals surface area contributed by atoms with Crippen molar-refractivity contribution in [3.8, 4) is 22.6 Å². The summed E-state index contributed by atoms with van der Waals surface area (Å²) in [5.41, 5.74) is 1.38. The number of aromatic nitrogens is 1.